The number of hydrogen-bond donors (Lipinski definition) is 2. The summed E-state index contributed by atoms with van der Waals surface area (Å²) in [5, 5.41) is 3.21. The molecule has 2 heteroatoms. The molecule has 0 saturated carbocycles. The van der Waals surface area contributed by atoms with E-state index in [0.717, 1.165) is 6.42 Å². The molecule has 2 nitrogen and oxygen atoms in total. The lowest BCUT2D eigenvalue weighted by Gasteiger charge is -2.18. The van der Waals surface area contributed by atoms with E-state index in [1.807, 2.05) is 0 Å². The molecule has 60 valence electrons. The topological polar surface area (TPSA) is 38.0 Å². The van der Waals surface area contributed by atoms with Crippen molar-refractivity contribution in [3.8, 4) is 0 Å². The summed E-state index contributed by atoms with van der Waals surface area (Å²) >= 11 is 0. The van der Waals surface area contributed by atoms with Gasteiger partial charge in [-0.05, 0) is 12.3 Å². The van der Waals surface area contributed by atoms with Gasteiger partial charge in [-0.2, -0.15) is 0 Å². The number of rotatable bonds is 4. The average Bonchev–Trinajstić information content (AvgIpc) is 1.89. The average molecular weight is 142 g/mol. The van der Waals surface area contributed by atoms with E-state index in [1.165, 1.54) is 6.20 Å². The zero-order chi connectivity index (χ0) is 7.98. The zero-order valence-corrected chi connectivity index (χ0v) is 7.09. The quantitative estimate of drug-likeness (QED) is 0.623. The maximum atomic E-state index is 5.19. The summed E-state index contributed by atoms with van der Waals surface area (Å²) in [6.07, 6.45) is 4.47. The van der Waals surface area contributed by atoms with Crippen molar-refractivity contribution in [3.05, 3.63) is 12.4 Å². The highest BCUT2D eigenvalue weighted by Gasteiger charge is 2.06. The van der Waals surface area contributed by atoms with Crippen LogP contribution in [0, 0.1) is 5.92 Å². The fourth-order valence-corrected chi connectivity index (χ4v) is 0.961. The van der Waals surface area contributed by atoms with Crippen molar-refractivity contribution in [3.63, 3.8) is 0 Å². The molecule has 3 N–H and O–H groups in total. The summed E-state index contributed by atoms with van der Waals surface area (Å²) < 4.78 is 0. The van der Waals surface area contributed by atoms with Crippen molar-refractivity contribution < 1.29 is 0 Å². The first kappa shape index (κ1) is 9.34. The van der Waals surface area contributed by atoms with Crippen LogP contribution in [0.3, 0.4) is 0 Å². The van der Waals surface area contributed by atoms with E-state index in [2.05, 4.69) is 26.1 Å². The van der Waals surface area contributed by atoms with Crippen molar-refractivity contribution in [2.24, 2.45) is 11.7 Å². The molecule has 0 aliphatic heterocycles. The molecule has 0 heterocycles. The van der Waals surface area contributed by atoms with Crippen LogP contribution in [0.15, 0.2) is 12.4 Å². The van der Waals surface area contributed by atoms with Crippen LogP contribution in [0.25, 0.3) is 0 Å². The smallest absolute Gasteiger partial charge is 0.0276 e. The Hall–Kier alpha value is -0.660. The van der Waals surface area contributed by atoms with E-state index in [-0.39, 0.29) is 0 Å². The van der Waals surface area contributed by atoms with Gasteiger partial charge in [0.25, 0.3) is 0 Å². The fraction of sp³-hybridized carbons (Fsp3) is 0.750. The van der Waals surface area contributed by atoms with E-state index in [9.17, 15) is 0 Å². The highest BCUT2D eigenvalue weighted by Crippen LogP contribution is 2.04. The van der Waals surface area contributed by atoms with Gasteiger partial charge in [0.15, 0.2) is 0 Å². The largest absolute Gasteiger partial charge is 0.403 e. The van der Waals surface area contributed by atoms with Crippen LogP contribution in [-0.2, 0) is 0 Å². The molecule has 0 rings (SSSR count). The number of nitrogens with one attached hydrogen (secondary N) is 1. The lowest BCUT2D eigenvalue weighted by Crippen LogP contribution is -2.28. The van der Waals surface area contributed by atoms with Crippen LogP contribution < -0.4 is 11.1 Å². The van der Waals surface area contributed by atoms with Crippen molar-refractivity contribution in [1.29, 1.82) is 0 Å². The lowest BCUT2D eigenvalue weighted by atomic mass is 10.0. The third-order valence-corrected chi connectivity index (χ3v) is 1.65. The maximum absolute atomic E-state index is 5.19. The first-order valence-corrected chi connectivity index (χ1v) is 3.85. The first-order valence-electron chi connectivity index (χ1n) is 3.85. The molecular weight excluding hydrogens is 124 g/mol. The van der Waals surface area contributed by atoms with E-state index in [1.54, 1.807) is 6.20 Å². The van der Waals surface area contributed by atoms with Crippen molar-refractivity contribution in [2.45, 2.75) is 33.2 Å². The van der Waals surface area contributed by atoms with Gasteiger partial charge in [-0.15, -0.1) is 0 Å². The molecule has 0 aromatic carbocycles. The minimum Gasteiger partial charge on any atom is -0.403 e. The zero-order valence-electron chi connectivity index (χ0n) is 7.09. The van der Waals surface area contributed by atoms with Crippen LogP contribution in [0.2, 0.25) is 0 Å². The SMILES string of the molecule is CCC(N/C=C\N)C(C)C. The molecule has 1 unspecified atom stereocenters. The third kappa shape index (κ3) is 3.38. The molecule has 1 atom stereocenters. The predicted molar refractivity (Wildman–Crippen MR) is 45.4 cm³/mol. The second-order valence-corrected chi connectivity index (χ2v) is 2.78. The molecule has 0 spiro atoms. The first-order chi connectivity index (χ1) is 4.72. The molecule has 0 aromatic rings. The van der Waals surface area contributed by atoms with Crippen LogP contribution in [0.4, 0.5) is 0 Å². The summed E-state index contributed by atoms with van der Waals surface area (Å²) in [6.45, 7) is 6.57. The van der Waals surface area contributed by atoms with Gasteiger partial charge < -0.3 is 11.1 Å². The molecule has 0 radical (unpaired) electrons. The van der Waals surface area contributed by atoms with E-state index < -0.39 is 0 Å². The van der Waals surface area contributed by atoms with Gasteiger partial charge in [0.1, 0.15) is 0 Å². The Morgan fingerprint density at radius 3 is 2.40 bits per heavy atom. The van der Waals surface area contributed by atoms with Crippen molar-refractivity contribution >= 4 is 0 Å². The molecule has 0 amide bonds. The Kier molecular flexibility index (Phi) is 4.81. The van der Waals surface area contributed by atoms with E-state index in [0.29, 0.717) is 12.0 Å². The molecule has 0 aliphatic rings. The molecule has 10 heavy (non-hydrogen) atoms. The Balaban J connectivity index is 3.60. The summed E-state index contributed by atoms with van der Waals surface area (Å²) in [5.41, 5.74) is 5.19. The lowest BCUT2D eigenvalue weighted by molar-refractivity contribution is 0.429. The van der Waals surface area contributed by atoms with Gasteiger partial charge in [0, 0.05) is 18.4 Å². The van der Waals surface area contributed by atoms with E-state index >= 15 is 0 Å². The molecule has 0 aromatic heterocycles. The Morgan fingerprint density at radius 1 is 1.50 bits per heavy atom. The minimum atomic E-state index is 0.555. The molecule has 0 fully saturated rings. The summed E-state index contributed by atoms with van der Waals surface area (Å²) in [6, 6.07) is 0.555. The van der Waals surface area contributed by atoms with Crippen LogP contribution in [0.1, 0.15) is 27.2 Å². The third-order valence-electron chi connectivity index (χ3n) is 1.65. The van der Waals surface area contributed by atoms with Crippen molar-refractivity contribution in [2.75, 3.05) is 0 Å². The van der Waals surface area contributed by atoms with Gasteiger partial charge in [0.2, 0.25) is 0 Å². The maximum Gasteiger partial charge on any atom is 0.0276 e. The molecular formula is C8H18N2. The predicted octanol–water partition coefficient (Wildman–Crippen LogP) is 1.44. The highest BCUT2D eigenvalue weighted by molar-refractivity contribution is 4.79. The summed E-state index contributed by atoms with van der Waals surface area (Å²) in [7, 11) is 0. The normalized spacial score (nSPS) is 14.4. The molecule has 0 aliphatic carbocycles. The van der Waals surface area contributed by atoms with Gasteiger partial charge >= 0.3 is 0 Å². The van der Waals surface area contributed by atoms with Crippen molar-refractivity contribution in [1.82, 2.24) is 5.32 Å². The van der Waals surface area contributed by atoms with E-state index in [4.69, 9.17) is 5.73 Å². The Bertz CT molecular complexity index is 97.4. The van der Waals surface area contributed by atoms with Crippen LogP contribution >= 0.6 is 0 Å². The second-order valence-electron chi connectivity index (χ2n) is 2.78. The number of nitrogens with two attached hydrogens (primary N) is 1. The Morgan fingerprint density at radius 2 is 2.10 bits per heavy atom. The molecule has 0 bridgehead atoms. The summed E-state index contributed by atoms with van der Waals surface area (Å²) in [4.78, 5) is 0. The van der Waals surface area contributed by atoms with Crippen LogP contribution in [0.5, 0.6) is 0 Å². The Labute approximate surface area is 63.5 Å². The van der Waals surface area contributed by atoms with Gasteiger partial charge in [-0.25, -0.2) is 0 Å². The van der Waals surface area contributed by atoms with Gasteiger partial charge in [-0.1, -0.05) is 20.8 Å². The standard InChI is InChI=1S/C8H18N2/c1-4-8(7(2)3)10-6-5-9/h5-8,10H,4,9H2,1-3H3/b6-5-. The number of hydrogen-bond acceptors (Lipinski definition) is 2. The van der Waals surface area contributed by atoms with Gasteiger partial charge in [-0.3, -0.25) is 0 Å². The molecule has 0 saturated heterocycles. The highest BCUT2D eigenvalue weighted by atomic mass is 14.9. The fourth-order valence-electron chi connectivity index (χ4n) is 0.961. The van der Waals surface area contributed by atoms with Crippen LogP contribution in [-0.4, -0.2) is 6.04 Å². The monoisotopic (exact) mass is 142 g/mol. The van der Waals surface area contributed by atoms with Gasteiger partial charge in [0.05, 0.1) is 0 Å². The second kappa shape index (κ2) is 5.15. The summed E-state index contributed by atoms with van der Waals surface area (Å²) in [5.74, 6) is 0.668. The minimum absolute atomic E-state index is 0.555.